The molecule has 174 valence electrons. The second kappa shape index (κ2) is 8.76. The molecule has 33 heavy (non-hydrogen) atoms. The van der Waals surface area contributed by atoms with Crippen molar-refractivity contribution in [3.8, 4) is 5.82 Å². The molecule has 0 radical (unpaired) electrons. The van der Waals surface area contributed by atoms with Gasteiger partial charge >= 0.3 is 6.18 Å². The molecule has 8 nitrogen and oxygen atoms in total. The highest BCUT2D eigenvalue weighted by Gasteiger charge is 2.36. The Balaban J connectivity index is 1.46. The van der Waals surface area contributed by atoms with E-state index in [-0.39, 0.29) is 37.1 Å². The lowest BCUT2D eigenvalue weighted by Crippen LogP contribution is -2.50. The largest absolute Gasteiger partial charge is 0.416 e. The Morgan fingerprint density at radius 1 is 1.06 bits per heavy atom. The molecular weight excluding hydrogens is 483 g/mol. The number of aromatic nitrogens is 3. The number of amides is 1. The number of halogens is 4. The standard InChI is InChI=1S/C20H17ClF3N5O3S/c21-16-3-2-15(20(22,23)24)11-17(16)33(31,32)29-9-7-27(8-10-29)19(30)14-1-4-18(26-12-14)28-6-5-25-13-28/h1-6,11-13H,7-10H2. The lowest BCUT2D eigenvalue weighted by Gasteiger charge is -2.34. The zero-order valence-corrected chi connectivity index (χ0v) is 18.5. The third kappa shape index (κ3) is 4.72. The van der Waals surface area contributed by atoms with Crippen LogP contribution in [0.2, 0.25) is 5.02 Å². The molecule has 0 N–H and O–H groups in total. The quantitative estimate of drug-likeness (QED) is 0.550. The summed E-state index contributed by atoms with van der Waals surface area (Å²) in [5.41, 5.74) is -0.776. The van der Waals surface area contributed by atoms with Gasteiger partial charge < -0.3 is 4.90 Å². The van der Waals surface area contributed by atoms with Crippen molar-refractivity contribution in [1.82, 2.24) is 23.7 Å². The van der Waals surface area contributed by atoms with E-state index in [4.69, 9.17) is 11.6 Å². The van der Waals surface area contributed by atoms with Gasteiger partial charge in [-0.15, -0.1) is 0 Å². The van der Waals surface area contributed by atoms with Crippen LogP contribution < -0.4 is 0 Å². The summed E-state index contributed by atoms with van der Waals surface area (Å²) in [7, 11) is -4.28. The summed E-state index contributed by atoms with van der Waals surface area (Å²) in [6, 6.07) is 5.44. The first-order chi connectivity index (χ1) is 15.6. The van der Waals surface area contributed by atoms with Gasteiger partial charge in [0.25, 0.3) is 5.91 Å². The van der Waals surface area contributed by atoms with Crippen LogP contribution in [0.4, 0.5) is 13.2 Å². The lowest BCUT2D eigenvalue weighted by molar-refractivity contribution is -0.137. The first-order valence-electron chi connectivity index (χ1n) is 9.68. The predicted molar refractivity (Wildman–Crippen MR) is 112 cm³/mol. The number of benzene rings is 1. The van der Waals surface area contributed by atoms with Gasteiger partial charge in [-0.05, 0) is 30.3 Å². The summed E-state index contributed by atoms with van der Waals surface area (Å²) in [5.74, 6) is 0.256. The fourth-order valence-corrected chi connectivity index (χ4v) is 5.31. The van der Waals surface area contributed by atoms with Crippen LogP contribution >= 0.6 is 11.6 Å². The molecule has 0 atom stereocenters. The lowest BCUT2D eigenvalue weighted by atomic mass is 10.2. The molecule has 0 unspecified atom stereocenters. The maximum absolute atomic E-state index is 13.0. The van der Waals surface area contributed by atoms with Crippen LogP contribution in [-0.2, 0) is 16.2 Å². The molecule has 2 aromatic heterocycles. The molecule has 3 heterocycles. The second-order valence-electron chi connectivity index (χ2n) is 7.21. The molecular formula is C20H17ClF3N5O3S. The molecule has 0 spiro atoms. The fraction of sp³-hybridized carbons (Fsp3) is 0.250. The van der Waals surface area contributed by atoms with E-state index in [2.05, 4.69) is 9.97 Å². The van der Waals surface area contributed by atoms with Crippen molar-refractivity contribution in [3.63, 3.8) is 0 Å². The van der Waals surface area contributed by atoms with Gasteiger partial charge in [-0.2, -0.15) is 17.5 Å². The van der Waals surface area contributed by atoms with Crippen molar-refractivity contribution in [2.45, 2.75) is 11.1 Å². The van der Waals surface area contributed by atoms with E-state index in [1.54, 1.807) is 35.4 Å². The van der Waals surface area contributed by atoms with E-state index in [0.717, 1.165) is 16.4 Å². The number of hydrogen-bond donors (Lipinski definition) is 0. The number of hydrogen-bond acceptors (Lipinski definition) is 5. The molecule has 1 aliphatic heterocycles. The topological polar surface area (TPSA) is 88.4 Å². The maximum Gasteiger partial charge on any atom is 0.416 e. The molecule has 1 saturated heterocycles. The first kappa shape index (κ1) is 23.2. The van der Waals surface area contributed by atoms with Gasteiger partial charge in [-0.25, -0.2) is 18.4 Å². The highest BCUT2D eigenvalue weighted by Crippen LogP contribution is 2.34. The van der Waals surface area contributed by atoms with Gasteiger partial charge in [0.15, 0.2) is 0 Å². The van der Waals surface area contributed by atoms with Gasteiger partial charge in [0, 0.05) is 44.8 Å². The summed E-state index contributed by atoms with van der Waals surface area (Å²) in [6.07, 6.45) is 1.59. The Morgan fingerprint density at radius 3 is 2.36 bits per heavy atom. The zero-order valence-electron chi connectivity index (χ0n) is 16.9. The Bertz CT molecular complexity index is 1260. The Hall–Kier alpha value is -2.96. The second-order valence-corrected chi connectivity index (χ2v) is 9.53. The summed E-state index contributed by atoms with van der Waals surface area (Å²) in [5, 5.41) is -0.300. The van der Waals surface area contributed by atoms with Crippen LogP contribution in [0.15, 0.2) is 60.1 Å². The minimum Gasteiger partial charge on any atom is -0.336 e. The van der Waals surface area contributed by atoms with E-state index in [1.807, 2.05) is 0 Å². The van der Waals surface area contributed by atoms with Crippen molar-refractivity contribution in [3.05, 3.63) is 71.4 Å². The van der Waals surface area contributed by atoms with Gasteiger partial charge in [0.2, 0.25) is 10.0 Å². The minimum atomic E-state index is -4.71. The molecule has 0 aliphatic carbocycles. The van der Waals surface area contributed by atoms with Crippen LogP contribution in [0.5, 0.6) is 0 Å². The van der Waals surface area contributed by atoms with E-state index in [0.29, 0.717) is 17.4 Å². The average molecular weight is 500 g/mol. The molecule has 4 rings (SSSR count). The molecule has 1 amide bonds. The average Bonchev–Trinajstić information content (AvgIpc) is 3.33. The normalized spacial score (nSPS) is 15.6. The van der Waals surface area contributed by atoms with E-state index >= 15 is 0 Å². The monoisotopic (exact) mass is 499 g/mol. The van der Waals surface area contributed by atoms with Crippen molar-refractivity contribution in [2.75, 3.05) is 26.2 Å². The molecule has 1 fully saturated rings. The molecule has 0 saturated carbocycles. The van der Waals surface area contributed by atoms with Gasteiger partial charge in [-0.1, -0.05) is 11.6 Å². The molecule has 3 aromatic rings. The number of imidazole rings is 1. The predicted octanol–water partition coefficient (Wildman–Crippen LogP) is 3.09. The molecule has 0 bridgehead atoms. The number of nitrogens with zero attached hydrogens (tertiary/aromatic N) is 5. The van der Waals surface area contributed by atoms with Crippen LogP contribution in [-0.4, -0.2) is 64.2 Å². The molecule has 13 heteroatoms. The molecule has 1 aliphatic rings. The van der Waals surface area contributed by atoms with Crippen LogP contribution in [0, 0.1) is 0 Å². The van der Waals surface area contributed by atoms with Crippen molar-refractivity contribution < 1.29 is 26.4 Å². The Kier molecular flexibility index (Phi) is 6.16. The third-order valence-corrected chi connectivity index (χ3v) is 7.55. The first-order valence-corrected chi connectivity index (χ1v) is 11.5. The number of pyridine rings is 1. The van der Waals surface area contributed by atoms with Crippen molar-refractivity contribution >= 4 is 27.5 Å². The number of rotatable bonds is 4. The van der Waals surface area contributed by atoms with E-state index in [9.17, 15) is 26.4 Å². The van der Waals surface area contributed by atoms with Gasteiger partial charge in [0.05, 0.1) is 16.1 Å². The van der Waals surface area contributed by atoms with Gasteiger partial charge in [0.1, 0.15) is 17.0 Å². The number of piperazine rings is 1. The highest BCUT2D eigenvalue weighted by molar-refractivity contribution is 7.89. The number of alkyl halides is 3. The van der Waals surface area contributed by atoms with Crippen molar-refractivity contribution in [1.29, 1.82) is 0 Å². The summed E-state index contributed by atoms with van der Waals surface area (Å²) >= 11 is 5.91. The van der Waals surface area contributed by atoms with Crippen LogP contribution in [0.3, 0.4) is 0 Å². The van der Waals surface area contributed by atoms with Gasteiger partial charge in [-0.3, -0.25) is 9.36 Å². The fourth-order valence-electron chi connectivity index (χ4n) is 3.39. The Labute approximate surface area is 192 Å². The number of sulfonamides is 1. The Morgan fingerprint density at radius 2 is 1.79 bits per heavy atom. The minimum absolute atomic E-state index is 0.0674. The zero-order chi connectivity index (χ0) is 23.8. The maximum atomic E-state index is 13.0. The molecule has 1 aromatic carbocycles. The number of carbonyl (C=O) groups excluding carboxylic acids is 1. The third-order valence-electron chi connectivity index (χ3n) is 5.17. The summed E-state index contributed by atoms with van der Waals surface area (Å²) in [4.78, 5) is 21.8. The summed E-state index contributed by atoms with van der Waals surface area (Å²) < 4.78 is 67.7. The smallest absolute Gasteiger partial charge is 0.336 e. The number of carbonyl (C=O) groups is 1. The van der Waals surface area contributed by atoms with Crippen molar-refractivity contribution in [2.24, 2.45) is 0 Å². The summed E-state index contributed by atoms with van der Waals surface area (Å²) in [6.45, 7) is -0.0295. The SMILES string of the molecule is O=C(c1ccc(-n2ccnc2)nc1)N1CCN(S(=O)(=O)c2cc(C(F)(F)F)ccc2Cl)CC1. The van der Waals surface area contributed by atoms with Crippen LogP contribution in [0.1, 0.15) is 15.9 Å². The van der Waals surface area contributed by atoms with E-state index < -0.39 is 26.7 Å². The van der Waals surface area contributed by atoms with Crippen LogP contribution in [0.25, 0.3) is 5.82 Å². The van der Waals surface area contributed by atoms with E-state index in [1.165, 1.54) is 11.1 Å². The highest BCUT2D eigenvalue weighted by atomic mass is 35.5.